The molecule has 33 heavy (non-hydrogen) atoms. The number of carbonyl (C=O) groups excluding carboxylic acids is 1. The summed E-state index contributed by atoms with van der Waals surface area (Å²) in [6, 6.07) is 11.7. The number of hydrogen-bond donors (Lipinski definition) is 0. The van der Waals surface area contributed by atoms with Crippen LogP contribution in [-0.4, -0.2) is 76.4 Å². The van der Waals surface area contributed by atoms with E-state index in [-0.39, 0.29) is 10.8 Å². The minimum absolute atomic E-state index is 0.145. The second-order valence-corrected chi connectivity index (χ2v) is 11.1. The maximum absolute atomic E-state index is 13.5. The highest BCUT2D eigenvalue weighted by Crippen LogP contribution is 2.32. The van der Waals surface area contributed by atoms with E-state index in [2.05, 4.69) is 4.90 Å². The number of nitrogens with zero attached hydrogens (tertiary/aromatic N) is 4. The molecular formula is C23H30N4O4S2. The van der Waals surface area contributed by atoms with Crippen LogP contribution in [0.2, 0.25) is 0 Å². The molecule has 8 nitrogen and oxygen atoms in total. The zero-order chi connectivity index (χ0) is 24.2. The van der Waals surface area contributed by atoms with Crippen LogP contribution >= 0.6 is 11.3 Å². The van der Waals surface area contributed by atoms with Crippen molar-refractivity contribution in [2.45, 2.75) is 18.2 Å². The Labute approximate surface area is 199 Å². The summed E-state index contributed by atoms with van der Waals surface area (Å²) in [5.41, 5.74) is 1.21. The Morgan fingerprint density at radius 2 is 1.73 bits per heavy atom. The zero-order valence-corrected chi connectivity index (χ0v) is 21.2. The van der Waals surface area contributed by atoms with Gasteiger partial charge in [-0.25, -0.2) is 17.7 Å². The largest absolute Gasteiger partial charge is 0.494 e. The van der Waals surface area contributed by atoms with Crippen LogP contribution in [0.3, 0.4) is 0 Å². The molecule has 1 amide bonds. The van der Waals surface area contributed by atoms with Gasteiger partial charge < -0.3 is 9.64 Å². The van der Waals surface area contributed by atoms with Gasteiger partial charge in [0, 0.05) is 26.2 Å². The standard InChI is InChI=1S/C23H30N4O4S2/c1-6-31-18-10-13-20-21(16-18)32-23(24-20)27(15-7-14-25(2)3)22(28)17-8-11-19(12-9-17)33(29,30)26(4)5/h8-13,16H,6-7,14-15H2,1-5H3. The molecule has 0 aliphatic heterocycles. The van der Waals surface area contributed by atoms with Crippen molar-refractivity contribution in [1.29, 1.82) is 0 Å². The molecule has 0 N–H and O–H groups in total. The van der Waals surface area contributed by atoms with Crippen molar-refractivity contribution in [1.82, 2.24) is 14.2 Å². The maximum atomic E-state index is 13.5. The number of ether oxygens (including phenoxy) is 1. The van der Waals surface area contributed by atoms with Gasteiger partial charge in [0.2, 0.25) is 10.0 Å². The van der Waals surface area contributed by atoms with E-state index in [0.29, 0.717) is 23.8 Å². The molecule has 0 unspecified atom stereocenters. The fraction of sp³-hybridized carbons (Fsp3) is 0.391. The first-order chi connectivity index (χ1) is 15.6. The highest BCUT2D eigenvalue weighted by Gasteiger charge is 2.23. The van der Waals surface area contributed by atoms with Crippen molar-refractivity contribution in [3.05, 3.63) is 48.0 Å². The summed E-state index contributed by atoms with van der Waals surface area (Å²) in [6.07, 6.45) is 0.770. The number of anilines is 1. The average Bonchev–Trinajstić information content (AvgIpc) is 3.19. The molecule has 10 heteroatoms. The zero-order valence-electron chi connectivity index (χ0n) is 19.6. The Bertz CT molecular complexity index is 1200. The third kappa shape index (κ3) is 5.89. The van der Waals surface area contributed by atoms with E-state index >= 15 is 0 Å². The maximum Gasteiger partial charge on any atom is 0.260 e. The molecule has 0 aliphatic carbocycles. The average molecular weight is 491 g/mol. The molecule has 2 aromatic carbocycles. The van der Waals surface area contributed by atoms with Crippen molar-refractivity contribution in [2.24, 2.45) is 0 Å². The van der Waals surface area contributed by atoms with Gasteiger partial charge in [0.05, 0.1) is 21.7 Å². The van der Waals surface area contributed by atoms with Crippen LogP contribution in [0, 0.1) is 0 Å². The van der Waals surface area contributed by atoms with Crippen molar-refractivity contribution < 1.29 is 17.9 Å². The third-order valence-corrected chi connectivity index (χ3v) is 7.87. The molecular weight excluding hydrogens is 460 g/mol. The van der Waals surface area contributed by atoms with Crippen molar-refractivity contribution >= 4 is 42.6 Å². The summed E-state index contributed by atoms with van der Waals surface area (Å²) < 4.78 is 32.4. The molecule has 3 aromatic rings. The van der Waals surface area contributed by atoms with Gasteiger partial charge in [-0.15, -0.1) is 0 Å². The number of rotatable bonds is 10. The molecule has 0 radical (unpaired) electrons. The van der Waals surface area contributed by atoms with E-state index < -0.39 is 10.0 Å². The van der Waals surface area contributed by atoms with E-state index in [1.807, 2.05) is 39.2 Å². The first-order valence-corrected chi connectivity index (χ1v) is 12.9. The van der Waals surface area contributed by atoms with Gasteiger partial charge in [-0.3, -0.25) is 9.69 Å². The fourth-order valence-corrected chi connectivity index (χ4v) is 5.15. The second-order valence-electron chi connectivity index (χ2n) is 7.98. The lowest BCUT2D eigenvalue weighted by atomic mass is 10.2. The molecule has 0 saturated heterocycles. The number of carbonyl (C=O) groups is 1. The summed E-state index contributed by atoms with van der Waals surface area (Å²) in [7, 11) is 3.37. The van der Waals surface area contributed by atoms with Crippen LogP contribution in [0.25, 0.3) is 10.2 Å². The number of amides is 1. The summed E-state index contributed by atoms with van der Waals surface area (Å²) in [5.74, 6) is 0.551. The lowest BCUT2D eigenvalue weighted by Gasteiger charge is -2.21. The van der Waals surface area contributed by atoms with Crippen molar-refractivity contribution in [3.8, 4) is 5.75 Å². The molecule has 1 aromatic heterocycles. The van der Waals surface area contributed by atoms with Gasteiger partial charge in [0.15, 0.2) is 5.13 Å². The van der Waals surface area contributed by atoms with Gasteiger partial charge in [0.25, 0.3) is 5.91 Å². The second kappa shape index (κ2) is 10.6. The number of fused-ring (bicyclic) bond motifs is 1. The molecule has 0 saturated carbocycles. The van der Waals surface area contributed by atoms with E-state index in [1.54, 1.807) is 17.0 Å². The molecule has 0 bridgehead atoms. The minimum Gasteiger partial charge on any atom is -0.494 e. The van der Waals surface area contributed by atoms with E-state index in [1.165, 1.54) is 37.6 Å². The minimum atomic E-state index is -3.56. The van der Waals surface area contributed by atoms with Gasteiger partial charge in [-0.2, -0.15) is 0 Å². The predicted molar refractivity (Wildman–Crippen MR) is 133 cm³/mol. The van der Waals surface area contributed by atoms with Gasteiger partial charge in [-0.05, 0) is 76.4 Å². The summed E-state index contributed by atoms with van der Waals surface area (Å²) in [4.78, 5) is 22.0. The molecule has 178 valence electrons. The van der Waals surface area contributed by atoms with Crippen LogP contribution in [0.4, 0.5) is 5.13 Å². The first kappa shape index (κ1) is 25.1. The SMILES string of the molecule is CCOc1ccc2nc(N(CCCN(C)C)C(=O)c3ccc(S(=O)(=O)N(C)C)cc3)sc2c1. The van der Waals surface area contributed by atoms with Crippen LogP contribution < -0.4 is 9.64 Å². The lowest BCUT2D eigenvalue weighted by molar-refractivity contribution is 0.0986. The number of benzene rings is 2. The number of thiazole rings is 1. The monoisotopic (exact) mass is 490 g/mol. The highest BCUT2D eigenvalue weighted by atomic mass is 32.2. The summed E-state index contributed by atoms with van der Waals surface area (Å²) >= 11 is 1.44. The third-order valence-electron chi connectivity index (χ3n) is 5.00. The van der Waals surface area contributed by atoms with Gasteiger partial charge >= 0.3 is 0 Å². The van der Waals surface area contributed by atoms with Gasteiger partial charge in [0.1, 0.15) is 5.75 Å². The van der Waals surface area contributed by atoms with Crippen LogP contribution in [0.1, 0.15) is 23.7 Å². The quantitative estimate of drug-likeness (QED) is 0.432. The molecule has 1 heterocycles. The topological polar surface area (TPSA) is 83.0 Å². The molecule has 0 fully saturated rings. The van der Waals surface area contributed by atoms with E-state index in [9.17, 15) is 13.2 Å². The summed E-state index contributed by atoms with van der Waals surface area (Å²) in [6.45, 7) is 3.82. The Morgan fingerprint density at radius 3 is 2.33 bits per heavy atom. The number of aromatic nitrogens is 1. The van der Waals surface area contributed by atoms with Crippen LogP contribution in [0.15, 0.2) is 47.4 Å². The molecule has 3 rings (SSSR count). The Kier molecular flexibility index (Phi) is 8.06. The Morgan fingerprint density at radius 1 is 1.03 bits per heavy atom. The normalized spacial score (nSPS) is 12.0. The molecule has 0 spiro atoms. The fourth-order valence-electron chi connectivity index (χ4n) is 3.23. The smallest absolute Gasteiger partial charge is 0.260 e. The van der Waals surface area contributed by atoms with Crippen LogP contribution in [-0.2, 0) is 10.0 Å². The van der Waals surface area contributed by atoms with Crippen LogP contribution in [0.5, 0.6) is 5.75 Å². The lowest BCUT2D eigenvalue weighted by Crippen LogP contribution is -2.33. The number of hydrogen-bond acceptors (Lipinski definition) is 7. The van der Waals surface area contributed by atoms with E-state index in [4.69, 9.17) is 9.72 Å². The van der Waals surface area contributed by atoms with Crippen molar-refractivity contribution in [3.63, 3.8) is 0 Å². The Hall–Kier alpha value is -2.53. The molecule has 0 atom stereocenters. The Balaban J connectivity index is 1.93. The molecule has 0 aliphatic rings. The van der Waals surface area contributed by atoms with E-state index in [0.717, 1.165) is 33.2 Å². The summed E-state index contributed by atoms with van der Waals surface area (Å²) in [5, 5.41) is 0.604. The predicted octanol–water partition coefficient (Wildman–Crippen LogP) is 3.54. The first-order valence-electron chi connectivity index (χ1n) is 10.7. The number of sulfonamides is 1. The van der Waals surface area contributed by atoms with Crippen molar-refractivity contribution in [2.75, 3.05) is 52.8 Å². The highest BCUT2D eigenvalue weighted by molar-refractivity contribution is 7.89. The van der Waals surface area contributed by atoms with Gasteiger partial charge in [-0.1, -0.05) is 11.3 Å².